The molecule has 3 aromatic rings. The smallest absolute Gasteiger partial charge is 0.255 e. The second-order valence-corrected chi connectivity index (χ2v) is 10.5. The van der Waals surface area contributed by atoms with E-state index in [4.69, 9.17) is 4.74 Å². The number of carbonyl (C=O) groups excluding carboxylic acids is 2. The highest BCUT2D eigenvalue weighted by Crippen LogP contribution is 2.41. The number of sulfone groups is 1. The van der Waals surface area contributed by atoms with Crippen molar-refractivity contribution in [3.63, 3.8) is 0 Å². The Morgan fingerprint density at radius 2 is 1.35 bits per heavy atom. The molecule has 34 heavy (non-hydrogen) atoms. The Bertz CT molecular complexity index is 1270. The summed E-state index contributed by atoms with van der Waals surface area (Å²) in [5, 5.41) is 5.56. The number of nitrogens with one attached hydrogen (secondary N) is 2. The molecule has 3 aromatic carbocycles. The molecule has 0 radical (unpaired) electrons. The van der Waals surface area contributed by atoms with Crippen molar-refractivity contribution in [1.29, 1.82) is 0 Å². The molecule has 0 spiro atoms. The third-order valence-corrected chi connectivity index (χ3v) is 8.66. The molecule has 0 aliphatic heterocycles. The van der Waals surface area contributed by atoms with E-state index in [2.05, 4.69) is 10.6 Å². The van der Waals surface area contributed by atoms with Crippen LogP contribution in [-0.4, -0.2) is 32.1 Å². The van der Waals surface area contributed by atoms with Gasteiger partial charge in [0.25, 0.3) is 5.91 Å². The first-order valence-corrected chi connectivity index (χ1v) is 12.5. The third-order valence-electron chi connectivity index (χ3n) is 6.15. The summed E-state index contributed by atoms with van der Waals surface area (Å²) in [4.78, 5) is 26.0. The van der Waals surface area contributed by atoms with E-state index >= 15 is 0 Å². The number of amides is 2. The van der Waals surface area contributed by atoms with Crippen LogP contribution in [-0.2, 0) is 14.6 Å². The number of hydrogen-bond donors (Lipinski definition) is 2. The first-order valence-electron chi connectivity index (χ1n) is 11.0. The average molecular weight is 479 g/mol. The lowest BCUT2D eigenvalue weighted by Gasteiger charge is -2.27. The predicted octanol–water partition coefficient (Wildman–Crippen LogP) is 4.67. The van der Waals surface area contributed by atoms with Gasteiger partial charge in [-0.15, -0.1) is 0 Å². The second kappa shape index (κ2) is 9.69. The summed E-state index contributed by atoms with van der Waals surface area (Å²) in [6, 6.07) is 21.4. The molecule has 0 heterocycles. The predicted molar refractivity (Wildman–Crippen MR) is 131 cm³/mol. The van der Waals surface area contributed by atoms with E-state index in [1.807, 2.05) is 0 Å². The van der Waals surface area contributed by atoms with Crippen molar-refractivity contribution < 1.29 is 22.7 Å². The maximum Gasteiger partial charge on any atom is 0.255 e. The highest BCUT2D eigenvalue weighted by atomic mass is 32.2. The zero-order valence-corrected chi connectivity index (χ0v) is 19.6. The largest absolute Gasteiger partial charge is 0.497 e. The maximum atomic E-state index is 13.4. The summed E-state index contributed by atoms with van der Waals surface area (Å²) in [5.41, 5.74) is 1.46. The molecule has 1 fully saturated rings. The molecule has 0 saturated heterocycles. The van der Waals surface area contributed by atoms with Gasteiger partial charge in [-0.2, -0.15) is 0 Å². The topological polar surface area (TPSA) is 102 Å². The summed E-state index contributed by atoms with van der Waals surface area (Å²) in [6.07, 6.45) is 1.89. The van der Waals surface area contributed by atoms with Crippen molar-refractivity contribution in [3.8, 4) is 5.75 Å². The monoisotopic (exact) mass is 478 g/mol. The molecule has 4 rings (SSSR count). The molecular formula is C26H26N2O5S. The highest BCUT2D eigenvalue weighted by Gasteiger charge is 2.52. The average Bonchev–Trinajstić information content (AvgIpc) is 3.38. The molecule has 8 heteroatoms. The summed E-state index contributed by atoms with van der Waals surface area (Å²) in [7, 11) is -2.30. The molecular weight excluding hydrogens is 452 g/mol. The van der Waals surface area contributed by atoms with E-state index in [1.54, 1.807) is 73.8 Å². The fraction of sp³-hybridized carbons (Fsp3) is 0.231. The van der Waals surface area contributed by atoms with Crippen LogP contribution in [0.2, 0.25) is 0 Å². The van der Waals surface area contributed by atoms with Gasteiger partial charge in [-0.25, -0.2) is 8.42 Å². The fourth-order valence-corrected chi connectivity index (χ4v) is 6.30. The summed E-state index contributed by atoms with van der Waals surface area (Å²) in [6.45, 7) is 0. The number of rotatable bonds is 7. The van der Waals surface area contributed by atoms with E-state index < -0.39 is 20.5 Å². The van der Waals surface area contributed by atoms with Crippen LogP contribution < -0.4 is 15.4 Å². The van der Waals surface area contributed by atoms with Crippen LogP contribution in [0, 0.1) is 0 Å². The van der Waals surface area contributed by atoms with Gasteiger partial charge in [0.2, 0.25) is 5.91 Å². The Kier molecular flexibility index (Phi) is 6.70. The van der Waals surface area contributed by atoms with Gasteiger partial charge in [0.05, 0.1) is 12.0 Å². The molecule has 0 bridgehead atoms. The molecule has 7 nitrogen and oxygen atoms in total. The summed E-state index contributed by atoms with van der Waals surface area (Å²) < 4.78 is 30.5. The molecule has 2 N–H and O–H groups in total. The van der Waals surface area contributed by atoms with Gasteiger partial charge in [-0.1, -0.05) is 31.0 Å². The van der Waals surface area contributed by atoms with Crippen molar-refractivity contribution in [2.45, 2.75) is 35.3 Å². The number of carbonyl (C=O) groups is 2. The van der Waals surface area contributed by atoms with Crippen LogP contribution >= 0.6 is 0 Å². The normalized spacial score (nSPS) is 14.9. The summed E-state index contributed by atoms with van der Waals surface area (Å²) >= 11 is 0. The summed E-state index contributed by atoms with van der Waals surface area (Å²) in [5.74, 6) is -0.154. The van der Waals surface area contributed by atoms with Crippen LogP contribution in [0.25, 0.3) is 0 Å². The van der Waals surface area contributed by atoms with E-state index in [0.717, 1.165) is 0 Å². The molecule has 1 saturated carbocycles. The second-order valence-electron chi connectivity index (χ2n) is 8.23. The molecule has 0 aromatic heterocycles. The van der Waals surface area contributed by atoms with Gasteiger partial charge in [-0.05, 0) is 73.5 Å². The Labute approximate surface area is 199 Å². The molecule has 1 aliphatic carbocycles. The molecule has 0 atom stereocenters. The van der Waals surface area contributed by atoms with Gasteiger partial charge in [0.1, 0.15) is 5.75 Å². The Morgan fingerprint density at radius 3 is 1.94 bits per heavy atom. The number of methoxy groups -OCH3 is 1. The minimum atomic E-state index is -3.87. The van der Waals surface area contributed by atoms with Crippen LogP contribution in [0.3, 0.4) is 0 Å². The third kappa shape index (κ3) is 4.54. The van der Waals surface area contributed by atoms with E-state index in [-0.39, 0.29) is 23.6 Å². The van der Waals surface area contributed by atoms with Crippen molar-refractivity contribution in [2.24, 2.45) is 0 Å². The maximum absolute atomic E-state index is 13.4. The lowest BCUT2D eigenvalue weighted by Crippen LogP contribution is -2.47. The lowest BCUT2D eigenvalue weighted by atomic mass is 10.1. The van der Waals surface area contributed by atoms with Crippen molar-refractivity contribution in [1.82, 2.24) is 0 Å². The van der Waals surface area contributed by atoms with Gasteiger partial charge < -0.3 is 15.4 Å². The van der Waals surface area contributed by atoms with Crippen molar-refractivity contribution >= 4 is 33.0 Å². The number of benzene rings is 3. The zero-order chi connectivity index (χ0) is 24.2. The Balaban J connectivity index is 1.48. The van der Waals surface area contributed by atoms with Crippen LogP contribution in [0.4, 0.5) is 11.4 Å². The van der Waals surface area contributed by atoms with Gasteiger partial charge >= 0.3 is 0 Å². The fourth-order valence-electron chi connectivity index (χ4n) is 4.22. The first kappa shape index (κ1) is 23.5. The van der Waals surface area contributed by atoms with Gasteiger partial charge in [0.15, 0.2) is 14.6 Å². The molecule has 2 amide bonds. The van der Waals surface area contributed by atoms with Crippen LogP contribution in [0.15, 0.2) is 83.8 Å². The minimum absolute atomic E-state index is 0.151. The molecule has 0 unspecified atom stereocenters. The number of ether oxygens (including phenoxy) is 1. The quantitative estimate of drug-likeness (QED) is 0.514. The van der Waals surface area contributed by atoms with E-state index in [1.165, 1.54) is 12.1 Å². The molecule has 1 aliphatic rings. The zero-order valence-electron chi connectivity index (χ0n) is 18.8. The minimum Gasteiger partial charge on any atom is -0.497 e. The first-order chi connectivity index (χ1) is 16.4. The van der Waals surface area contributed by atoms with Crippen molar-refractivity contribution in [2.75, 3.05) is 17.7 Å². The Morgan fingerprint density at radius 1 is 0.794 bits per heavy atom. The number of hydrogen-bond acceptors (Lipinski definition) is 5. The standard InChI is InChI=1S/C26H26N2O5S/c1-33-22-15-13-20(14-16-22)27-24(29)19-9-11-21(12-10-19)28-25(30)26(17-5-6-18-26)34(31,32)23-7-3-2-4-8-23/h2-4,7-16H,5-6,17-18H2,1H3,(H,27,29)(H,28,30). The van der Waals surface area contributed by atoms with E-state index in [9.17, 15) is 18.0 Å². The Hall–Kier alpha value is -3.65. The lowest BCUT2D eigenvalue weighted by molar-refractivity contribution is -0.118. The van der Waals surface area contributed by atoms with Crippen LogP contribution in [0.1, 0.15) is 36.0 Å². The molecule has 176 valence electrons. The van der Waals surface area contributed by atoms with E-state index in [0.29, 0.717) is 35.5 Å². The highest BCUT2D eigenvalue weighted by molar-refractivity contribution is 7.93. The number of anilines is 2. The SMILES string of the molecule is COc1ccc(NC(=O)c2ccc(NC(=O)C3(S(=O)(=O)c4ccccc4)CCCC3)cc2)cc1. The van der Waals surface area contributed by atoms with Gasteiger partial charge in [-0.3, -0.25) is 9.59 Å². The van der Waals surface area contributed by atoms with Crippen molar-refractivity contribution in [3.05, 3.63) is 84.4 Å². The van der Waals surface area contributed by atoms with Gasteiger partial charge in [0, 0.05) is 16.9 Å². The van der Waals surface area contributed by atoms with Crippen LogP contribution in [0.5, 0.6) is 5.75 Å².